The third-order valence-corrected chi connectivity index (χ3v) is 3.08. The maximum Gasteiger partial charge on any atom is 0.168 e. The van der Waals surface area contributed by atoms with Crippen LogP contribution in [0.4, 0.5) is 4.39 Å². The van der Waals surface area contributed by atoms with Crippen molar-refractivity contribution in [1.29, 1.82) is 0 Å². The highest BCUT2D eigenvalue weighted by Gasteiger charge is 2.21. The van der Waals surface area contributed by atoms with E-state index in [0.717, 1.165) is 12.8 Å². The van der Waals surface area contributed by atoms with Gasteiger partial charge in [0.2, 0.25) is 0 Å². The van der Waals surface area contributed by atoms with Crippen molar-refractivity contribution in [3.8, 4) is 5.75 Å². The van der Waals surface area contributed by atoms with Crippen LogP contribution in [0.2, 0.25) is 0 Å². The first-order valence-electron chi connectivity index (χ1n) is 6.75. The third-order valence-electron chi connectivity index (χ3n) is 3.08. The fraction of sp³-hybridized carbons (Fsp3) is 0.600. The lowest BCUT2D eigenvalue weighted by molar-refractivity contribution is -0.0366. The van der Waals surface area contributed by atoms with E-state index < -0.39 is 11.9 Å². The molecule has 0 aliphatic rings. The number of rotatable bonds is 8. The summed E-state index contributed by atoms with van der Waals surface area (Å²) >= 11 is 0. The average Bonchev–Trinajstić information content (AvgIpc) is 2.41. The lowest BCUT2D eigenvalue weighted by Crippen LogP contribution is -2.31. The summed E-state index contributed by atoms with van der Waals surface area (Å²) in [5.41, 5.74) is 0.452. The number of halogens is 1. The summed E-state index contributed by atoms with van der Waals surface area (Å²) in [5.74, 6) is -0.205. The number of hydrogen-bond donors (Lipinski definition) is 1. The van der Waals surface area contributed by atoms with Gasteiger partial charge in [-0.2, -0.15) is 0 Å². The molecule has 19 heavy (non-hydrogen) atoms. The van der Waals surface area contributed by atoms with Crippen LogP contribution in [0, 0.1) is 5.82 Å². The number of hydrogen-bond acceptors (Lipinski definition) is 3. The molecule has 0 fully saturated rings. The first-order chi connectivity index (χ1) is 9.13. The number of aliphatic hydroxyl groups is 1. The van der Waals surface area contributed by atoms with E-state index >= 15 is 0 Å². The molecule has 108 valence electrons. The summed E-state index contributed by atoms with van der Waals surface area (Å²) in [6.45, 7) is 4.47. The highest BCUT2D eigenvalue weighted by Crippen LogP contribution is 2.22. The first-order valence-corrected chi connectivity index (χ1v) is 6.75. The fourth-order valence-corrected chi connectivity index (χ4v) is 2.11. The number of methoxy groups -OCH3 is 1. The summed E-state index contributed by atoms with van der Waals surface area (Å²) in [5, 5.41) is 10.2. The lowest BCUT2D eigenvalue weighted by Gasteiger charge is -2.22. The van der Waals surface area contributed by atoms with Crippen LogP contribution in [0.15, 0.2) is 18.2 Å². The van der Waals surface area contributed by atoms with Crippen LogP contribution in [0.5, 0.6) is 5.75 Å². The summed E-state index contributed by atoms with van der Waals surface area (Å²) in [6.07, 6.45) is 0.957. The second kappa shape index (κ2) is 8.12. The minimum atomic E-state index is -0.707. The van der Waals surface area contributed by atoms with Crippen LogP contribution in [0.3, 0.4) is 0 Å². The Kier molecular flexibility index (Phi) is 6.81. The topological polar surface area (TPSA) is 38.7 Å². The number of aliphatic hydroxyl groups excluding tert-OH is 1. The van der Waals surface area contributed by atoms with Gasteiger partial charge in [0.25, 0.3) is 0 Å². The minimum absolute atomic E-state index is 0.202. The smallest absolute Gasteiger partial charge is 0.168 e. The molecular weight excluding hydrogens is 247 g/mol. The number of benzene rings is 1. The van der Waals surface area contributed by atoms with E-state index in [4.69, 9.17) is 9.47 Å². The minimum Gasteiger partial charge on any atom is -0.494 e. The predicted octanol–water partition coefficient (Wildman–Crippen LogP) is 2.94. The Labute approximate surface area is 114 Å². The summed E-state index contributed by atoms with van der Waals surface area (Å²) in [7, 11) is 1.43. The first kappa shape index (κ1) is 15.9. The van der Waals surface area contributed by atoms with Crippen LogP contribution >= 0.6 is 0 Å². The molecule has 4 heteroatoms. The zero-order chi connectivity index (χ0) is 14.3. The Morgan fingerprint density at radius 1 is 1.32 bits per heavy atom. The molecule has 0 aliphatic heterocycles. The zero-order valence-corrected chi connectivity index (χ0v) is 11.9. The Hall–Kier alpha value is -1.13. The summed E-state index contributed by atoms with van der Waals surface area (Å²) < 4.78 is 24.4. The van der Waals surface area contributed by atoms with Gasteiger partial charge in [0.1, 0.15) is 0 Å². The highest BCUT2D eigenvalue weighted by atomic mass is 19.1. The van der Waals surface area contributed by atoms with E-state index in [9.17, 15) is 9.50 Å². The summed E-state index contributed by atoms with van der Waals surface area (Å²) in [4.78, 5) is 0. The van der Waals surface area contributed by atoms with Crippen LogP contribution in [0.25, 0.3) is 0 Å². The van der Waals surface area contributed by atoms with E-state index in [1.807, 2.05) is 13.8 Å². The molecule has 1 rings (SSSR count). The molecule has 0 heterocycles. The normalized spacial score (nSPS) is 14.2. The molecule has 0 radical (unpaired) electrons. The molecule has 3 nitrogen and oxygen atoms in total. The van der Waals surface area contributed by atoms with Gasteiger partial charge in [-0.3, -0.25) is 0 Å². The standard InChI is InChI=1S/C15H23FO3/c1-4-7-13(19-5-2)12(17)10-11-8-6-9-14(18-3)15(11)16/h6,8-9,12-13,17H,4-5,7,10H2,1-3H3. The Morgan fingerprint density at radius 3 is 2.63 bits per heavy atom. The van der Waals surface area contributed by atoms with Crippen molar-refractivity contribution >= 4 is 0 Å². The van der Waals surface area contributed by atoms with Crippen molar-refractivity contribution < 1.29 is 19.0 Å². The van der Waals surface area contributed by atoms with Crippen molar-refractivity contribution in [1.82, 2.24) is 0 Å². The molecule has 0 amide bonds. The Bertz CT molecular complexity index is 376. The van der Waals surface area contributed by atoms with E-state index in [2.05, 4.69) is 0 Å². The molecule has 2 atom stereocenters. The van der Waals surface area contributed by atoms with Crippen molar-refractivity contribution in [2.24, 2.45) is 0 Å². The maximum atomic E-state index is 14.0. The molecule has 0 bridgehead atoms. The van der Waals surface area contributed by atoms with E-state index in [1.165, 1.54) is 7.11 Å². The SMILES string of the molecule is CCCC(OCC)C(O)Cc1cccc(OC)c1F. The van der Waals surface area contributed by atoms with Crippen molar-refractivity contribution in [3.63, 3.8) is 0 Å². The van der Waals surface area contributed by atoms with Gasteiger partial charge in [0.15, 0.2) is 11.6 Å². The van der Waals surface area contributed by atoms with Gasteiger partial charge in [0, 0.05) is 13.0 Å². The lowest BCUT2D eigenvalue weighted by atomic mass is 10.00. The van der Waals surface area contributed by atoms with E-state index in [0.29, 0.717) is 12.2 Å². The van der Waals surface area contributed by atoms with Gasteiger partial charge in [0.05, 0.1) is 19.3 Å². The van der Waals surface area contributed by atoms with Gasteiger partial charge in [-0.1, -0.05) is 25.5 Å². The Balaban J connectivity index is 2.77. The fourth-order valence-electron chi connectivity index (χ4n) is 2.11. The van der Waals surface area contributed by atoms with Crippen LogP contribution < -0.4 is 4.74 Å². The van der Waals surface area contributed by atoms with Gasteiger partial charge in [-0.25, -0.2) is 4.39 Å². The largest absolute Gasteiger partial charge is 0.494 e. The molecule has 0 aromatic heterocycles. The molecule has 1 aromatic carbocycles. The van der Waals surface area contributed by atoms with Crippen molar-refractivity contribution in [3.05, 3.63) is 29.6 Å². The zero-order valence-electron chi connectivity index (χ0n) is 11.9. The number of ether oxygens (including phenoxy) is 2. The average molecular weight is 270 g/mol. The van der Waals surface area contributed by atoms with Crippen LogP contribution in [-0.4, -0.2) is 31.0 Å². The molecular formula is C15H23FO3. The van der Waals surface area contributed by atoms with Crippen molar-refractivity contribution in [2.45, 2.75) is 45.3 Å². The summed E-state index contributed by atoms with van der Waals surface area (Å²) in [6, 6.07) is 4.95. The monoisotopic (exact) mass is 270 g/mol. The van der Waals surface area contributed by atoms with Gasteiger partial charge in [-0.05, 0) is 25.0 Å². The third kappa shape index (κ3) is 4.48. The van der Waals surface area contributed by atoms with Crippen LogP contribution in [-0.2, 0) is 11.2 Å². The van der Waals surface area contributed by atoms with Crippen LogP contribution in [0.1, 0.15) is 32.3 Å². The molecule has 0 aliphatic carbocycles. The molecule has 0 saturated heterocycles. The molecule has 0 spiro atoms. The molecule has 1 aromatic rings. The van der Waals surface area contributed by atoms with E-state index in [1.54, 1.807) is 18.2 Å². The highest BCUT2D eigenvalue weighted by molar-refractivity contribution is 5.31. The second-order valence-corrected chi connectivity index (χ2v) is 4.49. The molecule has 0 saturated carbocycles. The Morgan fingerprint density at radius 2 is 2.05 bits per heavy atom. The maximum absolute atomic E-state index is 14.0. The molecule has 2 unspecified atom stereocenters. The van der Waals surface area contributed by atoms with E-state index in [-0.39, 0.29) is 18.3 Å². The van der Waals surface area contributed by atoms with Gasteiger partial charge >= 0.3 is 0 Å². The predicted molar refractivity (Wildman–Crippen MR) is 73.0 cm³/mol. The van der Waals surface area contributed by atoms with Gasteiger partial charge in [-0.15, -0.1) is 0 Å². The van der Waals surface area contributed by atoms with Crippen molar-refractivity contribution in [2.75, 3.05) is 13.7 Å². The second-order valence-electron chi connectivity index (χ2n) is 4.49. The molecule has 1 N–H and O–H groups in total. The van der Waals surface area contributed by atoms with Gasteiger partial charge < -0.3 is 14.6 Å². The quantitative estimate of drug-likeness (QED) is 0.789.